The fourth-order valence-electron chi connectivity index (χ4n) is 2.40. The van der Waals surface area contributed by atoms with E-state index in [1.165, 1.54) is 29.3 Å². The van der Waals surface area contributed by atoms with Gasteiger partial charge in [-0.15, -0.1) is 0 Å². The molecule has 0 radical (unpaired) electrons. The van der Waals surface area contributed by atoms with Gasteiger partial charge in [0, 0.05) is 30.2 Å². The summed E-state index contributed by atoms with van der Waals surface area (Å²) in [6.07, 6.45) is 0. The molecule has 0 saturated heterocycles. The lowest BCUT2D eigenvalue weighted by molar-refractivity contribution is -0.142. The number of para-hydroxylation sites is 1. The van der Waals surface area contributed by atoms with E-state index in [-0.39, 0.29) is 12.0 Å². The van der Waals surface area contributed by atoms with E-state index in [9.17, 15) is 4.79 Å². The normalized spacial score (nSPS) is 12.6. The molecule has 4 nitrogen and oxygen atoms in total. The topological polar surface area (TPSA) is 43.3 Å². The molecule has 1 aromatic carbocycles. The standard InChI is InChI=1S/C15H20N2O2/c1-10-12-7-5-6-8-13(12)17(3)14(10)9-16-11(2)15(18)19-4/h5-8,11,16H,9H2,1-4H3. The molecule has 0 saturated carbocycles. The van der Waals surface area contributed by atoms with Crippen LogP contribution in [0.25, 0.3) is 10.9 Å². The van der Waals surface area contributed by atoms with Gasteiger partial charge in [-0.25, -0.2) is 0 Å². The third-order valence-corrected chi connectivity index (χ3v) is 3.64. The molecule has 0 aliphatic heterocycles. The molecule has 1 atom stereocenters. The van der Waals surface area contributed by atoms with Crippen molar-refractivity contribution in [1.82, 2.24) is 9.88 Å². The summed E-state index contributed by atoms with van der Waals surface area (Å²) in [6.45, 7) is 4.57. The molecule has 0 aliphatic rings. The Morgan fingerprint density at radius 3 is 2.74 bits per heavy atom. The van der Waals surface area contributed by atoms with Crippen LogP contribution in [-0.2, 0) is 23.1 Å². The van der Waals surface area contributed by atoms with Crippen LogP contribution in [0.3, 0.4) is 0 Å². The molecule has 2 aromatic rings. The minimum atomic E-state index is -0.303. The second-order valence-electron chi connectivity index (χ2n) is 4.77. The molecular formula is C15H20N2O2. The van der Waals surface area contributed by atoms with E-state index in [4.69, 9.17) is 4.74 Å². The van der Waals surface area contributed by atoms with Crippen molar-refractivity contribution < 1.29 is 9.53 Å². The SMILES string of the molecule is COC(=O)C(C)NCc1c(C)c2ccccc2n1C. The maximum Gasteiger partial charge on any atom is 0.322 e. The third-order valence-electron chi connectivity index (χ3n) is 3.64. The number of methoxy groups -OCH3 is 1. The molecule has 0 amide bonds. The van der Waals surface area contributed by atoms with Gasteiger partial charge < -0.3 is 9.30 Å². The van der Waals surface area contributed by atoms with Crippen LogP contribution in [0, 0.1) is 6.92 Å². The Hall–Kier alpha value is -1.81. The summed E-state index contributed by atoms with van der Waals surface area (Å²) in [6, 6.07) is 8.01. The Morgan fingerprint density at radius 2 is 2.11 bits per heavy atom. The van der Waals surface area contributed by atoms with Crippen LogP contribution in [0.15, 0.2) is 24.3 Å². The van der Waals surface area contributed by atoms with Crippen molar-refractivity contribution in [2.45, 2.75) is 26.4 Å². The second kappa shape index (κ2) is 5.45. The smallest absolute Gasteiger partial charge is 0.322 e. The number of nitrogens with zero attached hydrogens (tertiary/aromatic N) is 1. The minimum Gasteiger partial charge on any atom is -0.468 e. The number of aromatic nitrogens is 1. The van der Waals surface area contributed by atoms with Gasteiger partial charge in [-0.3, -0.25) is 10.1 Å². The van der Waals surface area contributed by atoms with Crippen molar-refractivity contribution in [3.8, 4) is 0 Å². The maximum absolute atomic E-state index is 11.4. The number of hydrogen-bond donors (Lipinski definition) is 1. The molecule has 0 spiro atoms. The molecule has 0 fully saturated rings. The summed E-state index contributed by atoms with van der Waals surface area (Å²) in [5, 5.41) is 4.45. The predicted molar refractivity (Wildman–Crippen MR) is 76.0 cm³/mol. The summed E-state index contributed by atoms with van der Waals surface area (Å²) >= 11 is 0. The minimum absolute atomic E-state index is 0.239. The molecule has 0 bridgehead atoms. The number of hydrogen-bond acceptors (Lipinski definition) is 3. The summed E-state index contributed by atoms with van der Waals surface area (Å²) in [4.78, 5) is 11.4. The number of benzene rings is 1. The van der Waals surface area contributed by atoms with E-state index in [1.54, 1.807) is 0 Å². The third kappa shape index (κ3) is 2.49. The van der Waals surface area contributed by atoms with Gasteiger partial charge in [0.2, 0.25) is 0 Å². The Balaban J connectivity index is 2.24. The van der Waals surface area contributed by atoms with E-state index in [0.29, 0.717) is 6.54 Å². The lowest BCUT2D eigenvalue weighted by Crippen LogP contribution is -2.34. The van der Waals surface area contributed by atoms with E-state index in [2.05, 4.69) is 36.0 Å². The first-order chi connectivity index (χ1) is 9.06. The molecular weight excluding hydrogens is 240 g/mol. The average molecular weight is 260 g/mol. The summed E-state index contributed by atoms with van der Waals surface area (Å²) in [5.74, 6) is -0.239. The van der Waals surface area contributed by atoms with Crippen LogP contribution in [0.4, 0.5) is 0 Å². The number of carbonyl (C=O) groups excluding carboxylic acids is 1. The molecule has 19 heavy (non-hydrogen) atoms. The first kappa shape index (κ1) is 13.6. The second-order valence-corrected chi connectivity index (χ2v) is 4.77. The van der Waals surface area contributed by atoms with E-state index < -0.39 is 0 Å². The van der Waals surface area contributed by atoms with Gasteiger partial charge in [-0.05, 0) is 25.5 Å². The van der Waals surface area contributed by atoms with E-state index in [1.807, 2.05) is 19.1 Å². The van der Waals surface area contributed by atoms with Gasteiger partial charge in [-0.1, -0.05) is 18.2 Å². The molecule has 1 unspecified atom stereocenters. The Morgan fingerprint density at radius 1 is 1.42 bits per heavy atom. The van der Waals surface area contributed by atoms with E-state index >= 15 is 0 Å². The van der Waals surface area contributed by atoms with Gasteiger partial charge in [0.1, 0.15) is 6.04 Å². The number of esters is 1. The highest BCUT2D eigenvalue weighted by Gasteiger charge is 2.15. The highest BCUT2D eigenvalue weighted by Crippen LogP contribution is 2.24. The fraction of sp³-hybridized carbons (Fsp3) is 0.400. The number of carbonyl (C=O) groups is 1. The van der Waals surface area contributed by atoms with Crippen LogP contribution in [0.1, 0.15) is 18.2 Å². The number of rotatable bonds is 4. The summed E-state index contributed by atoms with van der Waals surface area (Å²) in [7, 11) is 3.46. The highest BCUT2D eigenvalue weighted by molar-refractivity contribution is 5.85. The quantitative estimate of drug-likeness (QED) is 0.856. The van der Waals surface area contributed by atoms with Gasteiger partial charge in [-0.2, -0.15) is 0 Å². The Kier molecular flexibility index (Phi) is 3.90. The van der Waals surface area contributed by atoms with Crippen molar-refractivity contribution in [1.29, 1.82) is 0 Å². The summed E-state index contributed by atoms with van der Waals surface area (Å²) in [5.41, 5.74) is 3.65. The van der Waals surface area contributed by atoms with Gasteiger partial charge in [0.25, 0.3) is 0 Å². The molecule has 0 aliphatic carbocycles. The van der Waals surface area contributed by atoms with Gasteiger partial charge >= 0.3 is 5.97 Å². The van der Waals surface area contributed by atoms with Crippen LogP contribution in [0.2, 0.25) is 0 Å². The zero-order valence-corrected chi connectivity index (χ0v) is 11.9. The number of nitrogens with one attached hydrogen (secondary N) is 1. The van der Waals surface area contributed by atoms with Crippen LogP contribution in [-0.4, -0.2) is 23.7 Å². The maximum atomic E-state index is 11.4. The zero-order valence-electron chi connectivity index (χ0n) is 11.9. The monoisotopic (exact) mass is 260 g/mol. The lowest BCUT2D eigenvalue weighted by Gasteiger charge is -2.12. The predicted octanol–water partition coefficient (Wildman–Crippen LogP) is 2.14. The van der Waals surface area contributed by atoms with Gasteiger partial charge in [0.15, 0.2) is 0 Å². The van der Waals surface area contributed by atoms with Crippen LogP contribution in [0.5, 0.6) is 0 Å². The van der Waals surface area contributed by atoms with Crippen molar-refractivity contribution in [3.63, 3.8) is 0 Å². The van der Waals surface area contributed by atoms with Crippen molar-refractivity contribution in [3.05, 3.63) is 35.5 Å². The first-order valence-electron chi connectivity index (χ1n) is 6.40. The van der Waals surface area contributed by atoms with Crippen molar-refractivity contribution in [2.75, 3.05) is 7.11 Å². The number of ether oxygens (including phenoxy) is 1. The Bertz CT molecular complexity index is 562. The number of fused-ring (bicyclic) bond motifs is 1. The van der Waals surface area contributed by atoms with Crippen LogP contribution < -0.4 is 5.32 Å². The average Bonchev–Trinajstić information content (AvgIpc) is 2.68. The molecule has 4 heteroatoms. The fourth-order valence-corrected chi connectivity index (χ4v) is 2.40. The summed E-state index contributed by atoms with van der Waals surface area (Å²) < 4.78 is 6.88. The molecule has 102 valence electrons. The number of aryl methyl sites for hydroxylation is 2. The molecule has 1 heterocycles. The van der Waals surface area contributed by atoms with Gasteiger partial charge in [0.05, 0.1) is 7.11 Å². The Labute approximate surface area is 113 Å². The molecule has 2 rings (SSSR count). The van der Waals surface area contributed by atoms with Crippen LogP contribution >= 0.6 is 0 Å². The van der Waals surface area contributed by atoms with Crippen molar-refractivity contribution >= 4 is 16.9 Å². The molecule has 1 aromatic heterocycles. The first-order valence-corrected chi connectivity index (χ1v) is 6.40. The zero-order chi connectivity index (χ0) is 14.0. The van der Waals surface area contributed by atoms with Crippen molar-refractivity contribution in [2.24, 2.45) is 7.05 Å². The highest BCUT2D eigenvalue weighted by atomic mass is 16.5. The molecule has 1 N–H and O–H groups in total. The largest absolute Gasteiger partial charge is 0.468 e. The van der Waals surface area contributed by atoms with E-state index in [0.717, 1.165) is 0 Å². The lowest BCUT2D eigenvalue weighted by atomic mass is 10.1.